The van der Waals surface area contributed by atoms with Crippen LogP contribution in [0.1, 0.15) is 13.8 Å². The van der Waals surface area contributed by atoms with Crippen LogP contribution in [0, 0.1) is 0 Å². The fraction of sp³-hybridized carbons (Fsp3) is 0.286. The Labute approximate surface area is 189 Å². The molecule has 164 valence electrons. The van der Waals surface area contributed by atoms with Crippen LogP contribution in [0.2, 0.25) is 0 Å². The van der Waals surface area contributed by atoms with Gasteiger partial charge in [0.05, 0.1) is 11.0 Å². The molecule has 0 bridgehead atoms. The fourth-order valence-corrected chi connectivity index (χ4v) is 3.29. The van der Waals surface area contributed by atoms with E-state index < -0.39 is 5.66 Å². The number of rotatable bonds is 8. The molecule has 1 amide bonds. The molecular formula is C21H25BrN6O3. The zero-order valence-electron chi connectivity index (χ0n) is 17.3. The molecule has 0 saturated heterocycles. The largest absolute Gasteiger partial charge is 0.490 e. The number of nitrogens with two attached hydrogens (primary N) is 2. The van der Waals surface area contributed by atoms with E-state index in [1.807, 2.05) is 50.2 Å². The summed E-state index contributed by atoms with van der Waals surface area (Å²) in [5.41, 5.74) is 12.5. The third-order valence-electron chi connectivity index (χ3n) is 4.36. The van der Waals surface area contributed by atoms with E-state index in [0.29, 0.717) is 30.4 Å². The molecule has 0 saturated carbocycles. The van der Waals surface area contributed by atoms with Gasteiger partial charge in [0.2, 0.25) is 17.8 Å². The second-order valence-electron chi connectivity index (χ2n) is 7.14. The van der Waals surface area contributed by atoms with Gasteiger partial charge in [0, 0.05) is 11.8 Å². The molecule has 1 heterocycles. The average Bonchev–Trinajstić information content (AvgIpc) is 2.71. The third-order valence-corrected chi connectivity index (χ3v) is 4.87. The van der Waals surface area contributed by atoms with E-state index in [4.69, 9.17) is 20.9 Å². The molecule has 0 fully saturated rings. The topological polar surface area (TPSA) is 128 Å². The van der Waals surface area contributed by atoms with Crippen LogP contribution >= 0.6 is 15.9 Å². The first kappa shape index (κ1) is 22.4. The van der Waals surface area contributed by atoms with E-state index in [2.05, 4.69) is 31.2 Å². The number of para-hydroxylation sites is 2. The number of carbonyl (C=O) groups is 1. The Hall–Kier alpha value is -3.27. The van der Waals surface area contributed by atoms with Crippen molar-refractivity contribution in [2.24, 2.45) is 21.5 Å². The highest BCUT2D eigenvalue weighted by Gasteiger charge is 2.33. The van der Waals surface area contributed by atoms with Crippen molar-refractivity contribution < 1.29 is 14.3 Å². The van der Waals surface area contributed by atoms with Crippen molar-refractivity contribution in [3.8, 4) is 11.5 Å². The molecule has 31 heavy (non-hydrogen) atoms. The van der Waals surface area contributed by atoms with Crippen LogP contribution in [-0.2, 0) is 4.79 Å². The van der Waals surface area contributed by atoms with Gasteiger partial charge in [-0.1, -0.05) is 34.1 Å². The van der Waals surface area contributed by atoms with Crippen LogP contribution in [0.4, 0.5) is 11.4 Å². The molecule has 0 aliphatic carbocycles. The van der Waals surface area contributed by atoms with Gasteiger partial charge in [-0.2, -0.15) is 4.99 Å². The van der Waals surface area contributed by atoms with Crippen LogP contribution in [0.25, 0.3) is 0 Å². The molecule has 0 radical (unpaired) electrons. The number of hydrogen-bond acceptors (Lipinski definition) is 8. The van der Waals surface area contributed by atoms with Crippen LogP contribution < -0.4 is 31.2 Å². The summed E-state index contributed by atoms with van der Waals surface area (Å²) in [7, 11) is 0. The number of nitrogens with one attached hydrogen (secondary N) is 1. The summed E-state index contributed by atoms with van der Waals surface area (Å²) < 4.78 is 11.6. The maximum absolute atomic E-state index is 11.6. The average molecular weight is 489 g/mol. The van der Waals surface area contributed by atoms with Gasteiger partial charge in [-0.25, -0.2) is 4.99 Å². The summed E-state index contributed by atoms with van der Waals surface area (Å²) in [6, 6.07) is 14.7. The first-order valence-corrected chi connectivity index (χ1v) is 10.7. The van der Waals surface area contributed by atoms with Crippen molar-refractivity contribution >= 4 is 45.1 Å². The predicted molar refractivity (Wildman–Crippen MR) is 126 cm³/mol. The van der Waals surface area contributed by atoms with Gasteiger partial charge in [-0.05, 0) is 38.1 Å². The van der Waals surface area contributed by atoms with Gasteiger partial charge in [-0.3, -0.25) is 9.69 Å². The number of amides is 1. The lowest BCUT2D eigenvalue weighted by atomic mass is 10.1. The second-order valence-corrected chi connectivity index (χ2v) is 7.70. The first-order chi connectivity index (χ1) is 14.8. The van der Waals surface area contributed by atoms with E-state index in [0.717, 1.165) is 5.69 Å². The molecule has 0 aromatic heterocycles. The third kappa shape index (κ3) is 5.66. The van der Waals surface area contributed by atoms with Crippen LogP contribution in [0.3, 0.4) is 0 Å². The Bertz CT molecular complexity index is 1010. The van der Waals surface area contributed by atoms with Gasteiger partial charge in [-0.15, -0.1) is 0 Å². The van der Waals surface area contributed by atoms with Crippen molar-refractivity contribution in [3.05, 3.63) is 48.5 Å². The standard InChI is InChI=1S/C21H25BrN6O3/c1-21(2)27-19(23)26-20(24)28(21)14-6-5-7-15(12-14)30-10-11-31-17-9-4-3-8-16(17)25-18(29)13-22/h3-9,12H,10-11,13H2,1-2H3,(H,25,29)(H4,23,24,26,27). The summed E-state index contributed by atoms with van der Waals surface area (Å²) in [5, 5.41) is 2.99. The minimum absolute atomic E-state index is 0.149. The van der Waals surface area contributed by atoms with Crippen molar-refractivity contribution in [1.29, 1.82) is 0 Å². The number of alkyl halides is 1. The van der Waals surface area contributed by atoms with E-state index in [-0.39, 0.29) is 23.2 Å². The molecule has 0 unspecified atom stereocenters. The van der Waals surface area contributed by atoms with Gasteiger partial charge in [0.15, 0.2) is 0 Å². The Morgan fingerprint density at radius 2 is 1.87 bits per heavy atom. The normalized spacial score (nSPS) is 15.0. The molecule has 9 nitrogen and oxygen atoms in total. The minimum atomic E-state index is -0.680. The Kier molecular flexibility index (Phi) is 7.01. The SMILES string of the molecule is CC1(C)N=C(N)N=C(N)N1c1cccc(OCCOc2ccccc2NC(=O)CBr)c1. The molecule has 3 rings (SSSR count). The first-order valence-electron chi connectivity index (χ1n) is 9.60. The predicted octanol–water partition coefficient (Wildman–Crippen LogP) is 2.66. The van der Waals surface area contributed by atoms with Crippen LogP contribution in [-0.4, -0.2) is 42.0 Å². The number of nitrogens with zero attached hydrogens (tertiary/aromatic N) is 3. The fourth-order valence-electron chi connectivity index (χ4n) is 3.15. The lowest BCUT2D eigenvalue weighted by molar-refractivity contribution is -0.113. The van der Waals surface area contributed by atoms with Crippen LogP contribution in [0.5, 0.6) is 11.5 Å². The molecule has 10 heteroatoms. The van der Waals surface area contributed by atoms with Gasteiger partial charge >= 0.3 is 0 Å². The molecule has 1 aliphatic rings. The molecule has 0 atom stereocenters. The Morgan fingerprint density at radius 1 is 1.13 bits per heavy atom. The van der Waals surface area contributed by atoms with E-state index in [1.165, 1.54) is 0 Å². The second kappa shape index (κ2) is 9.69. The van der Waals surface area contributed by atoms with Crippen molar-refractivity contribution in [2.75, 3.05) is 28.8 Å². The highest BCUT2D eigenvalue weighted by atomic mass is 79.9. The van der Waals surface area contributed by atoms with Crippen LogP contribution in [0.15, 0.2) is 58.5 Å². The number of anilines is 2. The number of ether oxygens (including phenoxy) is 2. The monoisotopic (exact) mass is 488 g/mol. The summed E-state index contributed by atoms with van der Waals surface area (Å²) >= 11 is 3.13. The molecule has 2 aromatic carbocycles. The van der Waals surface area contributed by atoms with E-state index >= 15 is 0 Å². The smallest absolute Gasteiger partial charge is 0.235 e. The van der Waals surface area contributed by atoms with Gasteiger partial charge in [0.25, 0.3) is 0 Å². The van der Waals surface area contributed by atoms with E-state index in [1.54, 1.807) is 17.0 Å². The van der Waals surface area contributed by atoms with Crippen molar-refractivity contribution in [3.63, 3.8) is 0 Å². The highest BCUT2D eigenvalue weighted by Crippen LogP contribution is 2.30. The van der Waals surface area contributed by atoms with Crippen molar-refractivity contribution in [2.45, 2.75) is 19.5 Å². The number of benzene rings is 2. The molecule has 5 N–H and O–H groups in total. The molecule has 1 aliphatic heterocycles. The number of hydrogen-bond donors (Lipinski definition) is 3. The number of aliphatic imine (C=N–C) groups is 2. The Morgan fingerprint density at radius 3 is 2.61 bits per heavy atom. The summed E-state index contributed by atoms with van der Waals surface area (Å²) in [4.78, 5) is 21.8. The quantitative estimate of drug-likeness (QED) is 0.387. The number of guanidine groups is 2. The lowest BCUT2D eigenvalue weighted by Crippen LogP contribution is -2.54. The van der Waals surface area contributed by atoms with Gasteiger partial charge < -0.3 is 26.3 Å². The molecule has 0 spiro atoms. The Balaban J connectivity index is 1.61. The van der Waals surface area contributed by atoms with Gasteiger partial charge in [0.1, 0.15) is 30.4 Å². The lowest BCUT2D eigenvalue weighted by Gasteiger charge is -2.38. The maximum Gasteiger partial charge on any atom is 0.235 e. The number of halogens is 1. The summed E-state index contributed by atoms with van der Waals surface area (Å²) in [6.07, 6.45) is 0. The number of carbonyl (C=O) groups excluding carboxylic acids is 1. The van der Waals surface area contributed by atoms with E-state index in [9.17, 15) is 4.79 Å². The maximum atomic E-state index is 11.6. The van der Waals surface area contributed by atoms with Crippen molar-refractivity contribution in [1.82, 2.24) is 0 Å². The zero-order valence-corrected chi connectivity index (χ0v) is 18.9. The molecular weight excluding hydrogens is 464 g/mol. The molecule has 2 aromatic rings. The zero-order chi connectivity index (χ0) is 22.4. The minimum Gasteiger partial charge on any atom is -0.490 e. The highest BCUT2D eigenvalue weighted by molar-refractivity contribution is 9.09. The summed E-state index contributed by atoms with van der Waals surface area (Å²) in [6.45, 7) is 4.40. The summed E-state index contributed by atoms with van der Waals surface area (Å²) in [5.74, 6) is 1.48.